The van der Waals surface area contributed by atoms with Crippen molar-refractivity contribution in [2.75, 3.05) is 19.7 Å². The first-order chi connectivity index (χ1) is 14.7. The van der Waals surface area contributed by atoms with Crippen molar-refractivity contribution >= 4 is 17.7 Å². The normalized spacial score (nSPS) is 16.3. The zero-order chi connectivity index (χ0) is 23.3. The Kier molecular flexibility index (Phi) is 7.95. The van der Waals surface area contributed by atoms with Gasteiger partial charge in [0.2, 0.25) is 5.82 Å². The first kappa shape index (κ1) is 24.1. The maximum absolute atomic E-state index is 13.4. The number of rotatable bonds is 9. The summed E-state index contributed by atoms with van der Waals surface area (Å²) in [4.78, 5) is 43.2. The standard InChI is InChI=1S/C21H31N5O5/c1-7-10-11-31-21(28)17-14(5)23-13(4)16(20(27)25(8-2)9-3)18(17)19-22-12-15(24(19)6)26(29)30/h12,18,23H,7-11H2,1-6H3. The van der Waals surface area contributed by atoms with E-state index < -0.39 is 16.8 Å². The second kappa shape index (κ2) is 10.2. The number of nitro groups is 1. The molecule has 0 aromatic carbocycles. The van der Waals surface area contributed by atoms with E-state index in [-0.39, 0.29) is 29.7 Å². The SMILES string of the molecule is CCCCOC(=O)C1=C(C)NC(C)=C(C(=O)N(CC)CC)C1c1ncc([N+](=O)[O-])n1C. The zero-order valence-electron chi connectivity index (χ0n) is 19.0. The number of nitrogens with one attached hydrogen (secondary N) is 1. The molecule has 31 heavy (non-hydrogen) atoms. The highest BCUT2D eigenvalue weighted by molar-refractivity contribution is 6.01. The zero-order valence-corrected chi connectivity index (χ0v) is 19.0. The minimum absolute atomic E-state index is 0.225. The van der Waals surface area contributed by atoms with Crippen molar-refractivity contribution in [3.8, 4) is 0 Å². The van der Waals surface area contributed by atoms with Gasteiger partial charge >= 0.3 is 11.8 Å². The molecule has 2 heterocycles. The molecule has 10 heteroatoms. The molecule has 0 radical (unpaired) electrons. The molecule has 0 saturated heterocycles. The summed E-state index contributed by atoms with van der Waals surface area (Å²) in [6, 6.07) is 0. The molecule has 0 bridgehead atoms. The molecule has 0 saturated carbocycles. The van der Waals surface area contributed by atoms with E-state index in [1.54, 1.807) is 18.7 Å². The van der Waals surface area contributed by atoms with E-state index >= 15 is 0 Å². The van der Waals surface area contributed by atoms with Crippen LogP contribution in [0, 0.1) is 10.1 Å². The van der Waals surface area contributed by atoms with Gasteiger partial charge in [0, 0.05) is 24.5 Å². The summed E-state index contributed by atoms with van der Waals surface area (Å²) in [5.41, 5.74) is 1.68. The topological polar surface area (TPSA) is 120 Å². The van der Waals surface area contributed by atoms with E-state index in [1.165, 1.54) is 11.6 Å². The van der Waals surface area contributed by atoms with E-state index in [2.05, 4.69) is 10.3 Å². The highest BCUT2D eigenvalue weighted by Crippen LogP contribution is 2.39. The fraction of sp³-hybridized carbons (Fsp3) is 0.571. The van der Waals surface area contributed by atoms with Gasteiger partial charge in [-0.25, -0.2) is 14.3 Å². The Hall–Kier alpha value is -3.17. The van der Waals surface area contributed by atoms with Crippen molar-refractivity contribution in [3.63, 3.8) is 0 Å². The van der Waals surface area contributed by atoms with Gasteiger partial charge in [0.25, 0.3) is 5.91 Å². The number of likely N-dealkylation sites (N-methyl/N-ethyl adjacent to an activating group) is 1. The van der Waals surface area contributed by atoms with Crippen LogP contribution in [0.15, 0.2) is 28.7 Å². The van der Waals surface area contributed by atoms with Gasteiger partial charge in [0.1, 0.15) is 12.1 Å². The number of hydrogen-bond donors (Lipinski definition) is 1. The predicted molar refractivity (Wildman–Crippen MR) is 115 cm³/mol. The van der Waals surface area contributed by atoms with Crippen molar-refractivity contribution in [2.24, 2.45) is 7.05 Å². The summed E-state index contributed by atoms with van der Waals surface area (Å²) >= 11 is 0. The van der Waals surface area contributed by atoms with Crippen molar-refractivity contribution in [1.82, 2.24) is 19.8 Å². The van der Waals surface area contributed by atoms with Crippen LogP contribution in [0.4, 0.5) is 5.82 Å². The first-order valence-electron chi connectivity index (χ1n) is 10.5. The largest absolute Gasteiger partial charge is 0.462 e. The number of allylic oxidation sites excluding steroid dienone is 2. The number of imidazole rings is 1. The van der Waals surface area contributed by atoms with E-state index in [1.807, 2.05) is 20.8 Å². The van der Waals surface area contributed by atoms with Gasteiger partial charge in [-0.2, -0.15) is 0 Å². The van der Waals surface area contributed by atoms with Gasteiger partial charge in [-0.3, -0.25) is 4.79 Å². The van der Waals surface area contributed by atoms with Crippen LogP contribution in [0.5, 0.6) is 0 Å². The Balaban J connectivity index is 2.67. The molecule has 1 aromatic rings. The smallest absolute Gasteiger partial charge is 0.342 e. The van der Waals surface area contributed by atoms with Crippen LogP contribution in [0.3, 0.4) is 0 Å². The monoisotopic (exact) mass is 433 g/mol. The van der Waals surface area contributed by atoms with Crippen LogP contribution in [-0.4, -0.2) is 50.9 Å². The lowest BCUT2D eigenvalue weighted by molar-refractivity contribution is -0.391. The molecule has 1 unspecified atom stereocenters. The van der Waals surface area contributed by atoms with Crippen molar-refractivity contribution in [3.05, 3.63) is 44.7 Å². The summed E-state index contributed by atoms with van der Waals surface area (Å²) in [6.45, 7) is 10.4. The van der Waals surface area contributed by atoms with Gasteiger partial charge in [-0.15, -0.1) is 0 Å². The van der Waals surface area contributed by atoms with Crippen molar-refractivity contribution < 1.29 is 19.2 Å². The van der Waals surface area contributed by atoms with Gasteiger partial charge in [0.15, 0.2) is 0 Å². The van der Waals surface area contributed by atoms with Gasteiger partial charge < -0.3 is 25.1 Å². The second-order valence-corrected chi connectivity index (χ2v) is 7.39. The summed E-state index contributed by atoms with van der Waals surface area (Å²) in [5.74, 6) is -1.69. The van der Waals surface area contributed by atoms with Crippen LogP contribution in [0.2, 0.25) is 0 Å². The summed E-state index contributed by atoms with van der Waals surface area (Å²) < 4.78 is 6.77. The average Bonchev–Trinajstić information content (AvgIpc) is 3.09. The first-order valence-corrected chi connectivity index (χ1v) is 10.5. The number of ether oxygens (including phenoxy) is 1. The quantitative estimate of drug-likeness (QED) is 0.275. The maximum Gasteiger partial charge on any atom is 0.342 e. The Morgan fingerprint density at radius 3 is 2.35 bits per heavy atom. The second-order valence-electron chi connectivity index (χ2n) is 7.39. The van der Waals surface area contributed by atoms with Crippen molar-refractivity contribution in [1.29, 1.82) is 0 Å². The van der Waals surface area contributed by atoms with Crippen LogP contribution >= 0.6 is 0 Å². The van der Waals surface area contributed by atoms with Gasteiger partial charge in [-0.1, -0.05) is 13.3 Å². The minimum Gasteiger partial charge on any atom is -0.462 e. The molecular formula is C21H31N5O5. The number of carbonyl (C=O) groups is 2. The van der Waals surface area contributed by atoms with Crippen LogP contribution in [-0.2, 0) is 21.4 Å². The minimum atomic E-state index is -0.887. The lowest BCUT2D eigenvalue weighted by atomic mass is 9.83. The van der Waals surface area contributed by atoms with Gasteiger partial charge in [0.05, 0.1) is 24.8 Å². The van der Waals surface area contributed by atoms with Crippen molar-refractivity contribution in [2.45, 2.75) is 53.4 Å². The Morgan fingerprint density at radius 1 is 1.23 bits per heavy atom. The molecule has 170 valence electrons. The van der Waals surface area contributed by atoms with Crippen LogP contribution in [0.1, 0.15) is 59.2 Å². The molecule has 2 rings (SSSR count). The summed E-state index contributed by atoms with van der Waals surface area (Å²) in [7, 11) is 1.51. The summed E-state index contributed by atoms with van der Waals surface area (Å²) in [5, 5.41) is 14.5. The molecule has 1 amide bonds. The number of unbranched alkanes of at least 4 members (excludes halogenated alkanes) is 1. The molecule has 1 atom stereocenters. The third-order valence-electron chi connectivity index (χ3n) is 5.44. The number of hydrogen-bond acceptors (Lipinski definition) is 7. The van der Waals surface area contributed by atoms with Gasteiger partial charge in [-0.05, 0) is 39.0 Å². The molecule has 0 aliphatic carbocycles. The number of carbonyl (C=O) groups excluding carboxylic acids is 2. The highest BCUT2D eigenvalue weighted by Gasteiger charge is 2.42. The number of esters is 1. The molecule has 10 nitrogen and oxygen atoms in total. The highest BCUT2D eigenvalue weighted by atomic mass is 16.6. The van der Waals surface area contributed by atoms with Crippen LogP contribution in [0.25, 0.3) is 0 Å². The van der Waals surface area contributed by atoms with Crippen LogP contribution < -0.4 is 5.32 Å². The van der Waals surface area contributed by atoms with E-state index in [4.69, 9.17) is 4.74 Å². The molecule has 1 aliphatic rings. The Morgan fingerprint density at radius 2 is 1.84 bits per heavy atom. The average molecular weight is 434 g/mol. The number of amides is 1. The lowest BCUT2D eigenvalue weighted by Gasteiger charge is -2.31. The van der Waals surface area contributed by atoms with E-state index in [0.29, 0.717) is 36.5 Å². The number of dihydropyridines is 1. The molecule has 1 aliphatic heterocycles. The molecule has 1 N–H and O–H groups in total. The van der Waals surface area contributed by atoms with E-state index in [0.717, 1.165) is 12.6 Å². The van der Waals surface area contributed by atoms with E-state index in [9.17, 15) is 19.7 Å². The lowest BCUT2D eigenvalue weighted by Crippen LogP contribution is -2.39. The predicted octanol–water partition coefficient (Wildman–Crippen LogP) is 2.77. The molecular weight excluding hydrogens is 402 g/mol. The fourth-order valence-electron chi connectivity index (χ4n) is 3.73. The Labute approximate surface area is 182 Å². The molecule has 0 spiro atoms. The molecule has 0 fully saturated rings. The fourth-order valence-corrected chi connectivity index (χ4v) is 3.73. The third kappa shape index (κ3) is 4.78. The summed E-state index contributed by atoms with van der Waals surface area (Å²) in [6.07, 6.45) is 2.72. The number of nitrogens with zero attached hydrogens (tertiary/aromatic N) is 4. The number of aromatic nitrogens is 2. The maximum atomic E-state index is 13.4. The third-order valence-corrected chi connectivity index (χ3v) is 5.44. The Bertz CT molecular complexity index is 927. The molecule has 1 aromatic heterocycles.